The van der Waals surface area contributed by atoms with Gasteiger partial charge in [-0.1, -0.05) is 11.6 Å². The summed E-state index contributed by atoms with van der Waals surface area (Å²) in [6, 6.07) is 5.15. The van der Waals surface area contributed by atoms with Crippen molar-refractivity contribution in [2.24, 2.45) is 5.41 Å². The van der Waals surface area contributed by atoms with Crippen LogP contribution in [0.1, 0.15) is 25.3 Å². The summed E-state index contributed by atoms with van der Waals surface area (Å²) in [5.74, 6) is -0.721. The molecular formula is C17H22ClNO5. The lowest BCUT2D eigenvalue weighted by atomic mass is 9.80. The van der Waals surface area contributed by atoms with E-state index in [4.69, 9.17) is 21.1 Å². The number of carbonyl (C=O) groups excluding carboxylic acids is 1. The van der Waals surface area contributed by atoms with Crippen molar-refractivity contribution in [2.75, 3.05) is 19.8 Å². The predicted octanol–water partition coefficient (Wildman–Crippen LogP) is 2.41. The fourth-order valence-electron chi connectivity index (χ4n) is 2.58. The number of amides is 1. The smallest absolute Gasteiger partial charge is 0.311 e. The summed E-state index contributed by atoms with van der Waals surface area (Å²) in [5, 5.41) is 12.8. The van der Waals surface area contributed by atoms with Crippen LogP contribution in [0.15, 0.2) is 18.2 Å². The van der Waals surface area contributed by atoms with Crippen LogP contribution in [0, 0.1) is 12.3 Å². The molecule has 132 valence electrons. The summed E-state index contributed by atoms with van der Waals surface area (Å²) < 4.78 is 10.8. The standard InChI is InChI=1S/C17H22ClNO5/c1-11-9-13(3-4-14(11)18)24-12(2)15(20)19-10-17(16(21)22)5-7-23-8-6-17/h3-4,9,12H,5-8,10H2,1-2H3,(H,19,20)(H,21,22). The van der Waals surface area contributed by atoms with Gasteiger partial charge in [-0.15, -0.1) is 0 Å². The molecule has 2 N–H and O–H groups in total. The van der Waals surface area contributed by atoms with Crippen molar-refractivity contribution in [3.8, 4) is 5.75 Å². The first-order chi connectivity index (χ1) is 11.3. The molecule has 1 aromatic rings. The number of benzene rings is 1. The Bertz CT molecular complexity index is 613. The molecule has 1 heterocycles. The molecule has 1 saturated heterocycles. The van der Waals surface area contributed by atoms with Crippen LogP contribution in [0.5, 0.6) is 5.75 Å². The number of ether oxygens (including phenoxy) is 2. The minimum absolute atomic E-state index is 0.0673. The number of halogens is 1. The van der Waals surface area contributed by atoms with Crippen molar-refractivity contribution >= 4 is 23.5 Å². The highest BCUT2D eigenvalue weighted by molar-refractivity contribution is 6.31. The molecule has 1 aliphatic heterocycles. The highest BCUT2D eigenvalue weighted by Gasteiger charge is 2.40. The normalized spacial score (nSPS) is 17.8. The maximum absolute atomic E-state index is 12.2. The van der Waals surface area contributed by atoms with Crippen LogP contribution in [0.2, 0.25) is 5.02 Å². The van der Waals surface area contributed by atoms with Crippen molar-refractivity contribution < 1.29 is 24.2 Å². The molecule has 1 aliphatic rings. The van der Waals surface area contributed by atoms with E-state index >= 15 is 0 Å². The van der Waals surface area contributed by atoms with Gasteiger partial charge in [-0.25, -0.2) is 0 Å². The number of aliphatic carboxylic acids is 1. The molecule has 7 heteroatoms. The Kier molecular flexibility index (Phi) is 6.07. The SMILES string of the molecule is Cc1cc(OC(C)C(=O)NCC2(C(=O)O)CCOCC2)ccc1Cl. The third kappa shape index (κ3) is 4.39. The lowest BCUT2D eigenvalue weighted by Crippen LogP contribution is -2.48. The molecule has 1 aromatic carbocycles. The summed E-state index contributed by atoms with van der Waals surface area (Å²) in [5.41, 5.74) is -0.112. The van der Waals surface area contributed by atoms with E-state index in [9.17, 15) is 14.7 Å². The fraction of sp³-hybridized carbons (Fsp3) is 0.529. The number of hydrogen-bond donors (Lipinski definition) is 2. The number of nitrogens with one attached hydrogen (secondary N) is 1. The highest BCUT2D eigenvalue weighted by Crippen LogP contribution is 2.30. The zero-order chi connectivity index (χ0) is 17.7. The number of rotatable bonds is 6. The molecule has 0 spiro atoms. The van der Waals surface area contributed by atoms with E-state index in [-0.39, 0.29) is 12.5 Å². The van der Waals surface area contributed by atoms with E-state index in [1.54, 1.807) is 25.1 Å². The Morgan fingerprint density at radius 1 is 1.42 bits per heavy atom. The molecule has 1 atom stereocenters. The maximum atomic E-state index is 12.2. The molecular weight excluding hydrogens is 334 g/mol. The second kappa shape index (κ2) is 7.85. The molecule has 1 unspecified atom stereocenters. The predicted molar refractivity (Wildman–Crippen MR) is 89.4 cm³/mol. The second-order valence-electron chi connectivity index (χ2n) is 6.09. The van der Waals surface area contributed by atoms with Crippen molar-refractivity contribution in [3.05, 3.63) is 28.8 Å². The topological polar surface area (TPSA) is 84.9 Å². The fourth-order valence-corrected chi connectivity index (χ4v) is 2.69. The molecule has 1 amide bonds. The number of aryl methyl sites for hydroxylation is 1. The number of carboxylic acids is 1. The highest BCUT2D eigenvalue weighted by atomic mass is 35.5. The van der Waals surface area contributed by atoms with Crippen LogP contribution in [0.3, 0.4) is 0 Å². The molecule has 0 bridgehead atoms. The second-order valence-corrected chi connectivity index (χ2v) is 6.49. The van der Waals surface area contributed by atoms with Gasteiger partial charge in [0, 0.05) is 24.8 Å². The van der Waals surface area contributed by atoms with Gasteiger partial charge in [0.05, 0.1) is 5.41 Å². The van der Waals surface area contributed by atoms with Gasteiger partial charge in [0.1, 0.15) is 5.75 Å². The lowest BCUT2D eigenvalue weighted by molar-refractivity contribution is -0.155. The Hall–Kier alpha value is -1.79. The summed E-state index contributed by atoms with van der Waals surface area (Å²) in [4.78, 5) is 23.8. The van der Waals surface area contributed by atoms with Crippen molar-refractivity contribution in [1.29, 1.82) is 0 Å². The van der Waals surface area contributed by atoms with Crippen molar-refractivity contribution in [3.63, 3.8) is 0 Å². The number of hydrogen-bond acceptors (Lipinski definition) is 4. The molecule has 0 saturated carbocycles. The van der Waals surface area contributed by atoms with Crippen molar-refractivity contribution in [2.45, 2.75) is 32.8 Å². The van der Waals surface area contributed by atoms with Gasteiger partial charge < -0.3 is 19.9 Å². The van der Waals surface area contributed by atoms with E-state index in [1.807, 2.05) is 6.92 Å². The summed E-state index contributed by atoms with van der Waals surface area (Å²) >= 11 is 5.96. The molecule has 24 heavy (non-hydrogen) atoms. The first kappa shape index (κ1) is 18.5. The average Bonchev–Trinajstić information content (AvgIpc) is 2.56. The zero-order valence-electron chi connectivity index (χ0n) is 13.8. The summed E-state index contributed by atoms with van der Waals surface area (Å²) in [6.07, 6.45) is 0.0268. The largest absolute Gasteiger partial charge is 0.481 e. The van der Waals surface area contributed by atoms with Crippen LogP contribution in [-0.2, 0) is 14.3 Å². The minimum atomic E-state index is -0.968. The van der Waals surface area contributed by atoms with Gasteiger partial charge in [-0.05, 0) is 50.5 Å². The monoisotopic (exact) mass is 355 g/mol. The van der Waals surface area contributed by atoms with E-state index in [2.05, 4.69) is 5.32 Å². The first-order valence-electron chi connectivity index (χ1n) is 7.86. The van der Waals surface area contributed by atoms with Crippen LogP contribution >= 0.6 is 11.6 Å². The van der Waals surface area contributed by atoms with Crippen molar-refractivity contribution in [1.82, 2.24) is 5.32 Å². The van der Waals surface area contributed by atoms with Gasteiger partial charge >= 0.3 is 5.97 Å². The van der Waals surface area contributed by atoms with Gasteiger partial charge in [-0.3, -0.25) is 9.59 Å². The van der Waals surface area contributed by atoms with Crippen LogP contribution in [0.25, 0.3) is 0 Å². The van der Waals surface area contributed by atoms with E-state index in [1.165, 1.54) is 0 Å². The number of carboxylic acid groups (broad SMARTS) is 1. The van der Waals surface area contributed by atoms with E-state index in [0.29, 0.717) is 36.8 Å². The maximum Gasteiger partial charge on any atom is 0.311 e. The van der Waals surface area contributed by atoms with Crippen LogP contribution in [0.4, 0.5) is 0 Å². The van der Waals surface area contributed by atoms with Gasteiger partial charge in [-0.2, -0.15) is 0 Å². The van der Waals surface area contributed by atoms with Crippen LogP contribution in [-0.4, -0.2) is 42.8 Å². The Morgan fingerprint density at radius 2 is 2.08 bits per heavy atom. The van der Waals surface area contributed by atoms with E-state index in [0.717, 1.165) is 5.56 Å². The van der Waals surface area contributed by atoms with E-state index < -0.39 is 17.5 Å². The average molecular weight is 356 g/mol. The molecule has 6 nitrogen and oxygen atoms in total. The minimum Gasteiger partial charge on any atom is -0.481 e. The van der Waals surface area contributed by atoms with Gasteiger partial charge in [0.25, 0.3) is 5.91 Å². The van der Waals surface area contributed by atoms with Gasteiger partial charge in [0.15, 0.2) is 6.10 Å². The molecule has 0 aromatic heterocycles. The van der Waals surface area contributed by atoms with Gasteiger partial charge in [0.2, 0.25) is 0 Å². The Morgan fingerprint density at radius 3 is 2.67 bits per heavy atom. The Balaban J connectivity index is 1.93. The lowest BCUT2D eigenvalue weighted by Gasteiger charge is -2.33. The first-order valence-corrected chi connectivity index (χ1v) is 8.23. The molecule has 2 rings (SSSR count). The third-order valence-corrected chi connectivity index (χ3v) is 4.74. The molecule has 1 fully saturated rings. The summed E-state index contributed by atoms with van der Waals surface area (Å²) in [7, 11) is 0. The number of carbonyl (C=O) groups is 2. The summed E-state index contributed by atoms with van der Waals surface area (Å²) in [6.45, 7) is 4.31. The van der Waals surface area contributed by atoms with Crippen LogP contribution < -0.4 is 10.1 Å². The Labute approximate surface area is 146 Å². The zero-order valence-corrected chi connectivity index (χ0v) is 14.6. The molecule has 0 radical (unpaired) electrons. The third-order valence-electron chi connectivity index (χ3n) is 4.32. The quantitative estimate of drug-likeness (QED) is 0.818. The molecule has 0 aliphatic carbocycles.